The third-order valence-corrected chi connectivity index (χ3v) is 4.94. The van der Waals surface area contributed by atoms with Gasteiger partial charge in [-0.05, 0) is 49.8 Å². The van der Waals surface area contributed by atoms with Gasteiger partial charge >= 0.3 is 0 Å². The molecule has 1 amide bonds. The lowest BCUT2D eigenvalue weighted by atomic mass is 10.1. The van der Waals surface area contributed by atoms with Crippen LogP contribution in [0, 0.1) is 0 Å². The summed E-state index contributed by atoms with van der Waals surface area (Å²) in [5, 5.41) is 5.78. The third kappa shape index (κ3) is 5.84. The van der Waals surface area contributed by atoms with Crippen LogP contribution in [0.2, 0.25) is 0 Å². The number of hydrogen-bond donors (Lipinski definition) is 3. The van der Waals surface area contributed by atoms with Crippen LogP contribution >= 0.6 is 0 Å². The van der Waals surface area contributed by atoms with E-state index in [-0.39, 0.29) is 17.3 Å². The van der Waals surface area contributed by atoms with Crippen LogP contribution in [0.5, 0.6) is 0 Å². The fraction of sp³-hybridized carbons (Fsp3) is 0.294. The molecule has 1 heterocycles. The molecule has 3 N–H and O–H groups in total. The standard InChI is InChI=1S/C17H22N4O3S/c1-3-17(22)21-14-7-9-15(10-8-14)25(23,24)19-12-11-18-16-6-4-5-13(2)20-16/h3-4,6-10,13,19H,1,5,11-12H2,2H3,(H,18,20)(H,21,22). The number of hydrogen-bond acceptors (Lipinski definition) is 4. The van der Waals surface area contributed by atoms with Gasteiger partial charge in [-0.3, -0.25) is 9.79 Å². The zero-order valence-electron chi connectivity index (χ0n) is 14.0. The van der Waals surface area contributed by atoms with E-state index in [9.17, 15) is 13.2 Å². The molecule has 25 heavy (non-hydrogen) atoms. The van der Waals surface area contributed by atoms with E-state index in [1.165, 1.54) is 24.3 Å². The van der Waals surface area contributed by atoms with Gasteiger partial charge in [-0.15, -0.1) is 0 Å². The Balaban J connectivity index is 1.89. The van der Waals surface area contributed by atoms with Crippen molar-refractivity contribution in [1.29, 1.82) is 0 Å². The van der Waals surface area contributed by atoms with Gasteiger partial charge in [0.2, 0.25) is 15.9 Å². The minimum absolute atomic E-state index is 0.126. The Morgan fingerprint density at radius 1 is 1.40 bits per heavy atom. The second-order valence-corrected chi connectivity index (χ2v) is 7.33. The Morgan fingerprint density at radius 3 is 2.76 bits per heavy atom. The number of benzene rings is 1. The van der Waals surface area contributed by atoms with Crippen molar-refractivity contribution < 1.29 is 13.2 Å². The Hall–Kier alpha value is -2.45. The number of rotatable bonds is 7. The molecule has 1 atom stereocenters. The maximum absolute atomic E-state index is 12.2. The van der Waals surface area contributed by atoms with Gasteiger partial charge in [0.05, 0.1) is 11.4 Å². The number of nitrogens with one attached hydrogen (secondary N) is 3. The molecular formula is C17H22N4O3S. The third-order valence-electron chi connectivity index (χ3n) is 3.46. The Kier molecular flexibility index (Phi) is 6.49. The van der Waals surface area contributed by atoms with Gasteiger partial charge in [0, 0.05) is 18.3 Å². The van der Waals surface area contributed by atoms with Gasteiger partial charge in [0.1, 0.15) is 5.84 Å². The SMILES string of the molecule is C=CC(=O)Nc1ccc(S(=O)(=O)NCCN=C2C=CCC(C)N2)cc1. The number of sulfonamides is 1. The van der Waals surface area contributed by atoms with E-state index in [0.717, 1.165) is 18.3 Å². The van der Waals surface area contributed by atoms with Gasteiger partial charge < -0.3 is 10.6 Å². The molecule has 1 aromatic rings. The van der Waals surface area contributed by atoms with Crippen LogP contribution in [0.4, 0.5) is 5.69 Å². The average Bonchev–Trinajstić information content (AvgIpc) is 2.59. The van der Waals surface area contributed by atoms with Crippen LogP contribution in [-0.2, 0) is 14.8 Å². The van der Waals surface area contributed by atoms with Crippen LogP contribution in [0.15, 0.2) is 59.0 Å². The Morgan fingerprint density at radius 2 is 2.12 bits per heavy atom. The molecule has 0 aliphatic carbocycles. The van der Waals surface area contributed by atoms with Crippen LogP contribution < -0.4 is 15.4 Å². The maximum Gasteiger partial charge on any atom is 0.247 e. The van der Waals surface area contributed by atoms with Crippen molar-refractivity contribution in [3.05, 3.63) is 49.1 Å². The van der Waals surface area contributed by atoms with Gasteiger partial charge in [-0.1, -0.05) is 12.7 Å². The van der Waals surface area contributed by atoms with Gasteiger partial charge in [-0.2, -0.15) is 0 Å². The summed E-state index contributed by atoms with van der Waals surface area (Å²) < 4.78 is 27.0. The van der Waals surface area contributed by atoms with Crippen molar-refractivity contribution in [1.82, 2.24) is 10.0 Å². The summed E-state index contributed by atoms with van der Waals surface area (Å²) in [6, 6.07) is 6.24. The zero-order valence-corrected chi connectivity index (χ0v) is 14.8. The molecule has 0 fully saturated rings. The van der Waals surface area contributed by atoms with Crippen molar-refractivity contribution in [2.45, 2.75) is 24.3 Å². The van der Waals surface area contributed by atoms with Crippen molar-refractivity contribution in [3.63, 3.8) is 0 Å². The van der Waals surface area contributed by atoms with Crippen molar-refractivity contribution in [3.8, 4) is 0 Å². The molecule has 134 valence electrons. The smallest absolute Gasteiger partial charge is 0.247 e. The number of amidine groups is 1. The maximum atomic E-state index is 12.2. The van der Waals surface area contributed by atoms with E-state index in [2.05, 4.69) is 33.9 Å². The summed E-state index contributed by atoms with van der Waals surface area (Å²) >= 11 is 0. The molecule has 8 heteroatoms. The van der Waals surface area contributed by atoms with Crippen LogP contribution in [0.1, 0.15) is 13.3 Å². The minimum Gasteiger partial charge on any atom is -0.368 e. The summed E-state index contributed by atoms with van der Waals surface area (Å²) in [6.07, 6.45) is 6.03. The highest BCUT2D eigenvalue weighted by Gasteiger charge is 2.13. The summed E-state index contributed by atoms with van der Waals surface area (Å²) in [6.45, 7) is 5.95. The molecule has 7 nitrogen and oxygen atoms in total. The molecule has 2 rings (SSSR count). The molecule has 0 saturated heterocycles. The molecule has 1 unspecified atom stereocenters. The number of carbonyl (C=O) groups excluding carboxylic acids is 1. The topological polar surface area (TPSA) is 99.7 Å². The average molecular weight is 362 g/mol. The first-order valence-electron chi connectivity index (χ1n) is 7.91. The number of nitrogens with zero attached hydrogens (tertiary/aromatic N) is 1. The fourth-order valence-electron chi connectivity index (χ4n) is 2.19. The first-order chi connectivity index (χ1) is 11.9. The van der Waals surface area contributed by atoms with E-state index in [1.807, 2.05) is 12.2 Å². The van der Waals surface area contributed by atoms with Crippen molar-refractivity contribution in [2.75, 3.05) is 18.4 Å². The van der Waals surface area contributed by atoms with Crippen molar-refractivity contribution in [2.24, 2.45) is 4.99 Å². The minimum atomic E-state index is -3.62. The number of aliphatic imine (C=N–C) groups is 1. The molecule has 0 radical (unpaired) electrons. The number of carbonyl (C=O) groups is 1. The van der Waals surface area contributed by atoms with E-state index in [4.69, 9.17) is 0 Å². The van der Waals surface area contributed by atoms with Gasteiger partial charge in [-0.25, -0.2) is 13.1 Å². The number of amides is 1. The number of anilines is 1. The Labute approximate surface area is 148 Å². The summed E-state index contributed by atoms with van der Waals surface area (Å²) in [5.41, 5.74) is 0.500. The summed E-state index contributed by atoms with van der Waals surface area (Å²) in [7, 11) is -3.62. The lowest BCUT2D eigenvalue weighted by Crippen LogP contribution is -2.34. The van der Waals surface area contributed by atoms with E-state index in [0.29, 0.717) is 18.3 Å². The van der Waals surface area contributed by atoms with Crippen LogP contribution in [0.25, 0.3) is 0 Å². The van der Waals surface area contributed by atoms with Crippen LogP contribution in [-0.4, -0.2) is 39.3 Å². The highest BCUT2D eigenvalue weighted by atomic mass is 32.2. The molecular weight excluding hydrogens is 340 g/mol. The van der Waals surface area contributed by atoms with E-state index >= 15 is 0 Å². The predicted octanol–water partition coefficient (Wildman–Crippen LogP) is 1.43. The molecule has 0 aromatic heterocycles. The zero-order chi connectivity index (χ0) is 18.3. The summed E-state index contributed by atoms with van der Waals surface area (Å²) in [4.78, 5) is 15.7. The second kappa shape index (κ2) is 8.59. The monoisotopic (exact) mass is 362 g/mol. The first kappa shape index (κ1) is 18.9. The highest BCUT2D eigenvalue weighted by molar-refractivity contribution is 7.89. The van der Waals surface area contributed by atoms with Gasteiger partial charge in [0.25, 0.3) is 0 Å². The van der Waals surface area contributed by atoms with Crippen LogP contribution in [0.3, 0.4) is 0 Å². The molecule has 0 spiro atoms. The molecule has 1 aliphatic rings. The largest absolute Gasteiger partial charge is 0.368 e. The predicted molar refractivity (Wildman–Crippen MR) is 99.1 cm³/mol. The van der Waals surface area contributed by atoms with Crippen molar-refractivity contribution >= 4 is 27.5 Å². The molecule has 1 aliphatic heterocycles. The Bertz CT molecular complexity index is 783. The summed E-state index contributed by atoms with van der Waals surface area (Å²) in [5.74, 6) is 0.410. The lowest BCUT2D eigenvalue weighted by molar-refractivity contribution is -0.111. The fourth-order valence-corrected chi connectivity index (χ4v) is 3.21. The quantitative estimate of drug-likeness (QED) is 0.505. The molecule has 1 aromatic carbocycles. The normalized spacial score (nSPS) is 18.6. The first-order valence-corrected chi connectivity index (χ1v) is 9.40. The highest BCUT2D eigenvalue weighted by Crippen LogP contribution is 2.13. The molecule has 0 bridgehead atoms. The van der Waals surface area contributed by atoms with E-state index in [1.54, 1.807) is 0 Å². The molecule has 0 saturated carbocycles. The van der Waals surface area contributed by atoms with Gasteiger partial charge in [0.15, 0.2) is 0 Å². The lowest BCUT2D eigenvalue weighted by Gasteiger charge is -2.17. The van der Waals surface area contributed by atoms with E-state index < -0.39 is 10.0 Å². The second-order valence-electron chi connectivity index (χ2n) is 5.57.